The van der Waals surface area contributed by atoms with Crippen LogP contribution in [0.25, 0.3) is 0 Å². The van der Waals surface area contributed by atoms with Crippen LogP contribution in [-0.2, 0) is 0 Å². The second-order valence-corrected chi connectivity index (χ2v) is 5.53. The van der Waals surface area contributed by atoms with E-state index in [2.05, 4.69) is 11.0 Å². The molecule has 23 heavy (non-hydrogen) atoms. The van der Waals surface area contributed by atoms with E-state index in [0.717, 1.165) is 24.6 Å². The van der Waals surface area contributed by atoms with Gasteiger partial charge in [0, 0.05) is 18.1 Å². The molecule has 4 nitrogen and oxygen atoms in total. The molecule has 0 unspecified atom stereocenters. The van der Waals surface area contributed by atoms with Crippen molar-refractivity contribution in [3.05, 3.63) is 59.1 Å². The molecule has 120 valence electrons. The van der Waals surface area contributed by atoms with Crippen molar-refractivity contribution in [3.63, 3.8) is 0 Å². The SMILES string of the molecule is CN(CCOc1ccc(Cl)cc1)CCOc1ccc(C#N)cc1. The van der Waals surface area contributed by atoms with E-state index in [1.165, 1.54) is 0 Å². The van der Waals surface area contributed by atoms with Gasteiger partial charge in [-0.05, 0) is 55.6 Å². The number of nitriles is 1. The highest BCUT2D eigenvalue weighted by atomic mass is 35.5. The molecule has 0 amide bonds. The van der Waals surface area contributed by atoms with Gasteiger partial charge in [0.15, 0.2) is 0 Å². The molecule has 0 aromatic heterocycles. The van der Waals surface area contributed by atoms with Crippen LogP contribution in [-0.4, -0.2) is 38.3 Å². The first-order chi connectivity index (χ1) is 11.2. The molecule has 2 aromatic rings. The lowest BCUT2D eigenvalue weighted by Crippen LogP contribution is -2.28. The van der Waals surface area contributed by atoms with Crippen molar-refractivity contribution in [2.75, 3.05) is 33.4 Å². The molecule has 2 rings (SSSR count). The van der Waals surface area contributed by atoms with Gasteiger partial charge < -0.3 is 9.47 Å². The quantitative estimate of drug-likeness (QED) is 0.742. The van der Waals surface area contributed by atoms with Crippen LogP contribution >= 0.6 is 11.6 Å². The summed E-state index contributed by atoms with van der Waals surface area (Å²) in [5.41, 5.74) is 0.633. The number of hydrogen-bond acceptors (Lipinski definition) is 4. The maximum Gasteiger partial charge on any atom is 0.119 e. The second-order valence-electron chi connectivity index (χ2n) is 5.09. The van der Waals surface area contributed by atoms with Gasteiger partial charge in [-0.15, -0.1) is 0 Å². The van der Waals surface area contributed by atoms with E-state index < -0.39 is 0 Å². The minimum absolute atomic E-state index is 0.587. The molecule has 0 atom stereocenters. The van der Waals surface area contributed by atoms with Gasteiger partial charge in [0.05, 0.1) is 11.6 Å². The Morgan fingerprint density at radius 1 is 0.913 bits per heavy atom. The number of rotatable bonds is 8. The Labute approximate surface area is 141 Å². The van der Waals surface area contributed by atoms with Crippen LogP contribution in [0.15, 0.2) is 48.5 Å². The summed E-state index contributed by atoms with van der Waals surface area (Å²) in [4.78, 5) is 2.14. The molecule has 2 aromatic carbocycles. The van der Waals surface area contributed by atoms with Crippen LogP contribution in [0, 0.1) is 11.3 Å². The Hall–Kier alpha value is -2.22. The number of hydrogen-bond donors (Lipinski definition) is 0. The first-order valence-electron chi connectivity index (χ1n) is 7.37. The van der Waals surface area contributed by atoms with Crippen LogP contribution in [0.3, 0.4) is 0 Å². The molecule has 0 radical (unpaired) electrons. The van der Waals surface area contributed by atoms with Gasteiger partial charge in [0.1, 0.15) is 24.7 Å². The molecule has 5 heteroatoms. The lowest BCUT2D eigenvalue weighted by Gasteiger charge is -2.17. The predicted octanol–water partition coefficient (Wildman–Crippen LogP) is 3.60. The monoisotopic (exact) mass is 330 g/mol. The summed E-state index contributed by atoms with van der Waals surface area (Å²) >= 11 is 5.83. The summed E-state index contributed by atoms with van der Waals surface area (Å²) in [7, 11) is 2.02. The van der Waals surface area contributed by atoms with E-state index in [1.54, 1.807) is 12.1 Å². The Morgan fingerprint density at radius 3 is 1.87 bits per heavy atom. The normalized spacial score (nSPS) is 10.3. The molecule has 0 aliphatic heterocycles. The van der Waals surface area contributed by atoms with Crippen molar-refractivity contribution in [1.82, 2.24) is 4.90 Å². The number of ether oxygens (including phenoxy) is 2. The van der Waals surface area contributed by atoms with Crippen molar-refractivity contribution >= 4 is 11.6 Å². The molecule has 0 N–H and O–H groups in total. The third-order valence-electron chi connectivity index (χ3n) is 3.28. The summed E-state index contributed by atoms with van der Waals surface area (Å²) < 4.78 is 11.3. The summed E-state index contributed by atoms with van der Waals surface area (Å²) in [6, 6.07) is 16.5. The minimum Gasteiger partial charge on any atom is -0.492 e. The maximum absolute atomic E-state index is 8.74. The smallest absolute Gasteiger partial charge is 0.119 e. The van der Waals surface area contributed by atoms with Crippen LogP contribution in [0.2, 0.25) is 5.02 Å². The lowest BCUT2D eigenvalue weighted by molar-refractivity contribution is 0.202. The van der Waals surface area contributed by atoms with Crippen molar-refractivity contribution in [2.45, 2.75) is 0 Å². The highest BCUT2D eigenvalue weighted by molar-refractivity contribution is 6.30. The number of likely N-dealkylation sites (N-methyl/N-ethyl adjacent to an activating group) is 1. The summed E-state index contributed by atoms with van der Waals surface area (Å²) in [5.74, 6) is 1.59. The molecule has 0 saturated heterocycles. The zero-order chi connectivity index (χ0) is 16.5. The van der Waals surface area contributed by atoms with Gasteiger partial charge in [-0.3, -0.25) is 4.90 Å². The number of nitrogens with zero attached hydrogens (tertiary/aromatic N) is 2. The van der Waals surface area contributed by atoms with E-state index in [1.807, 2.05) is 43.4 Å². The van der Waals surface area contributed by atoms with E-state index in [-0.39, 0.29) is 0 Å². The predicted molar refractivity (Wildman–Crippen MR) is 91.1 cm³/mol. The fraction of sp³-hybridized carbons (Fsp3) is 0.278. The van der Waals surface area contributed by atoms with Crippen LogP contribution < -0.4 is 9.47 Å². The van der Waals surface area contributed by atoms with Crippen LogP contribution in [0.4, 0.5) is 0 Å². The fourth-order valence-electron chi connectivity index (χ4n) is 1.91. The molecular weight excluding hydrogens is 312 g/mol. The molecule has 0 aliphatic carbocycles. The van der Waals surface area contributed by atoms with E-state index in [0.29, 0.717) is 23.8 Å². The highest BCUT2D eigenvalue weighted by Gasteiger charge is 2.01. The minimum atomic E-state index is 0.587. The molecule has 0 heterocycles. The highest BCUT2D eigenvalue weighted by Crippen LogP contribution is 2.15. The Bertz CT molecular complexity index is 636. The van der Waals surface area contributed by atoms with Crippen molar-refractivity contribution < 1.29 is 9.47 Å². The number of benzene rings is 2. The van der Waals surface area contributed by atoms with E-state index in [4.69, 9.17) is 26.3 Å². The first kappa shape index (κ1) is 17.1. The molecule has 0 bridgehead atoms. The van der Waals surface area contributed by atoms with Gasteiger partial charge in [-0.2, -0.15) is 5.26 Å². The average Bonchev–Trinajstić information content (AvgIpc) is 2.57. The van der Waals surface area contributed by atoms with Gasteiger partial charge in [0.25, 0.3) is 0 Å². The zero-order valence-corrected chi connectivity index (χ0v) is 13.8. The number of halogens is 1. The molecule has 0 saturated carbocycles. The van der Waals surface area contributed by atoms with Crippen LogP contribution in [0.5, 0.6) is 11.5 Å². The average molecular weight is 331 g/mol. The molecule has 0 fully saturated rings. The Balaban J connectivity index is 1.62. The first-order valence-corrected chi connectivity index (χ1v) is 7.75. The third-order valence-corrected chi connectivity index (χ3v) is 3.53. The largest absolute Gasteiger partial charge is 0.492 e. The van der Waals surface area contributed by atoms with Crippen LogP contribution in [0.1, 0.15) is 5.56 Å². The summed E-state index contributed by atoms with van der Waals surface area (Å²) in [6.07, 6.45) is 0. The Kier molecular flexibility index (Phi) is 6.74. The zero-order valence-electron chi connectivity index (χ0n) is 13.0. The van der Waals surface area contributed by atoms with Gasteiger partial charge in [0.2, 0.25) is 0 Å². The van der Waals surface area contributed by atoms with Crippen molar-refractivity contribution in [3.8, 4) is 17.6 Å². The van der Waals surface area contributed by atoms with Crippen molar-refractivity contribution in [2.24, 2.45) is 0 Å². The standard InChI is InChI=1S/C18H19ClN2O2/c1-21(11-13-23-18-8-4-16(19)5-9-18)10-12-22-17-6-2-15(14-20)3-7-17/h2-9H,10-13H2,1H3. The topological polar surface area (TPSA) is 45.5 Å². The molecule has 0 spiro atoms. The van der Waals surface area contributed by atoms with E-state index >= 15 is 0 Å². The lowest BCUT2D eigenvalue weighted by atomic mass is 10.2. The summed E-state index contributed by atoms with van der Waals surface area (Å²) in [5, 5.41) is 9.44. The van der Waals surface area contributed by atoms with Crippen molar-refractivity contribution in [1.29, 1.82) is 5.26 Å². The third kappa shape index (κ3) is 6.19. The second kappa shape index (κ2) is 9.04. The summed E-state index contributed by atoms with van der Waals surface area (Å²) in [6.45, 7) is 2.79. The molecular formula is C18H19ClN2O2. The van der Waals surface area contributed by atoms with Gasteiger partial charge in [-0.25, -0.2) is 0 Å². The van der Waals surface area contributed by atoms with Gasteiger partial charge >= 0.3 is 0 Å². The maximum atomic E-state index is 8.74. The Morgan fingerprint density at radius 2 is 1.39 bits per heavy atom. The van der Waals surface area contributed by atoms with Gasteiger partial charge in [-0.1, -0.05) is 11.6 Å². The fourth-order valence-corrected chi connectivity index (χ4v) is 2.03. The van der Waals surface area contributed by atoms with E-state index in [9.17, 15) is 0 Å². The molecule has 0 aliphatic rings.